The Labute approximate surface area is 191 Å². The van der Waals surface area contributed by atoms with Crippen LogP contribution in [0.3, 0.4) is 0 Å². The van der Waals surface area contributed by atoms with Gasteiger partial charge in [0.1, 0.15) is 11.5 Å². The number of hydrogen-bond donors (Lipinski definition) is 1. The smallest absolute Gasteiger partial charge is 0.295 e. The molecule has 1 fully saturated rings. The van der Waals surface area contributed by atoms with Crippen molar-refractivity contribution in [2.45, 2.75) is 39.3 Å². The minimum Gasteiger partial charge on any atom is -0.507 e. The highest BCUT2D eigenvalue weighted by atomic mass is 35.5. The summed E-state index contributed by atoms with van der Waals surface area (Å²) >= 11 is 7.57. The van der Waals surface area contributed by atoms with Crippen molar-refractivity contribution in [2.24, 2.45) is 0 Å². The maximum absolute atomic E-state index is 13.1. The summed E-state index contributed by atoms with van der Waals surface area (Å²) in [5, 5.41) is 13.5. The van der Waals surface area contributed by atoms with Gasteiger partial charge in [-0.05, 0) is 62.4 Å². The molecule has 6 nitrogen and oxygen atoms in total. The lowest BCUT2D eigenvalue weighted by Crippen LogP contribution is -2.31. The molecule has 1 aromatic carbocycles. The quantitative estimate of drug-likeness (QED) is 0.259. The predicted molar refractivity (Wildman–Crippen MR) is 122 cm³/mol. The fourth-order valence-corrected chi connectivity index (χ4v) is 4.83. The molecule has 1 saturated heterocycles. The molecule has 1 atom stereocenters. The fraction of sp³-hybridized carbons (Fsp3) is 0.391. The van der Waals surface area contributed by atoms with Crippen molar-refractivity contribution in [3.63, 3.8) is 0 Å². The standard InChI is InChI=1S/C23H26ClNO5S/c1-13(2)30-10-5-9-25-19(22-14(3)8-11-31-22)18(21(27)23(25)28)20(26)16-12-15(24)6-7-17(16)29-4/h6-8,11-13,19,26H,5,9-10H2,1-4H3/b20-18+. The van der Waals surface area contributed by atoms with Crippen molar-refractivity contribution in [2.75, 3.05) is 20.3 Å². The Kier molecular flexibility index (Phi) is 7.41. The van der Waals surface area contributed by atoms with Crippen molar-refractivity contribution >= 4 is 40.4 Å². The number of carbonyl (C=O) groups is 2. The predicted octanol–water partition coefficient (Wildman–Crippen LogP) is 4.96. The van der Waals surface area contributed by atoms with Crippen LogP contribution in [0.2, 0.25) is 5.02 Å². The van der Waals surface area contributed by atoms with Crippen LogP contribution < -0.4 is 4.74 Å². The van der Waals surface area contributed by atoms with Crippen LogP contribution >= 0.6 is 22.9 Å². The molecule has 2 aromatic rings. The molecule has 1 N–H and O–H groups in total. The molecule has 3 rings (SSSR count). The van der Waals surface area contributed by atoms with Crippen LogP contribution in [0.4, 0.5) is 0 Å². The van der Waals surface area contributed by atoms with Crippen LogP contribution in [0.15, 0.2) is 35.2 Å². The molecule has 1 aromatic heterocycles. The van der Waals surface area contributed by atoms with Crippen LogP contribution in [-0.2, 0) is 14.3 Å². The molecule has 0 radical (unpaired) electrons. The lowest BCUT2D eigenvalue weighted by atomic mass is 9.98. The number of ether oxygens (including phenoxy) is 2. The molecule has 0 aliphatic carbocycles. The number of Topliss-reactive ketones (excluding diaryl/α,β-unsaturated/α-hetero) is 1. The summed E-state index contributed by atoms with van der Waals surface area (Å²) in [6.45, 7) is 6.62. The van der Waals surface area contributed by atoms with Crippen LogP contribution in [0.1, 0.15) is 42.3 Å². The van der Waals surface area contributed by atoms with Crippen molar-refractivity contribution in [3.8, 4) is 5.75 Å². The Morgan fingerprint density at radius 2 is 2.03 bits per heavy atom. The van der Waals surface area contributed by atoms with Crippen LogP contribution in [0, 0.1) is 6.92 Å². The summed E-state index contributed by atoms with van der Waals surface area (Å²) in [5.74, 6) is -1.29. The monoisotopic (exact) mass is 463 g/mol. The highest BCUT2D eigenvalue weighted by Crippen LogP contribution is 2.43. The van der Waals surface area contributed by atoms with Crippen molar-refractivity contribution in [1.29, 1.82) is 0 Å². The summed E-state index contributed by atoms with van der Waals surface area (Å²) in [5.41, 5.74) is 1.26. The van der Waals surface area contributed by atoms with E-state index in [1.54, 1.807) is 12.1 Å². The normalized spacial score (nSPS) is 18.3. The number of rotatable bonds is 8. The Bertz CT molecular complexity index is 1010. The number of amides is 1. The van der Waals surface area contributed by atoms with Gasteiger partial charge in [0.15, 0.2) is 0 Å². The zero-order valence-corrected chi connectivity index (χ0v) is 19.5. The van der Waals surface area contributed by atoms with E-state index >= 15 is 0 Å². The van der Waals surface area contributed by atoms with Gasteiger partial charge in [-0.1, -0.05) is 11.6 Å². The van der Waals surface area contributed by atoms with Gasteiger partial charge in [0.2, 0.25) is 0 Å². The SMILES string of the molecule is COc1ccc(Cl)cc1/C(O)=C1\C(=O)C(=O)N(CCCOC(C)C)C1c1sccc1C. The highest BCUT2D eigenvalue weighted by Gasteiger charge is 2.47. The molecule has 31 heavy (non-hydrogen) atoms. The third-order valence-corrected chi connectivity index (χ3v) is 6.41. The van der Waals surface area contributed by atoms with E-state index in [2.05, 4.69) is 0 Å². The number of nitrogens with zero attached hydrogens (tertiary/aromatic N) is 1. The van der Waals surface area contributed by atoms with E-state index in [1.165, 1.54) is 29.4 Å². The van der Waals surface area contributed by atoms with Crippen LogP contribution in [-0.4, -0.2) is 48.1 Å². The average molecular weight is 464 g/mol. The summed E-state index contributed by atoms with van der Waals surface area (Å²) < 4.78 is 10.9. The summed E-state index contributed by atoms with van der Waals surface area (Å²) in [6.07, 6.45) is 0.660. The molecule has 0 bridgehead atoms. The van der Waals surface area contributed by atoms with Gasteiger partial charge in [-0.25, -0.2) is 0 Å². The van der Waals surface area contributed by atoms with Crippen molar-refractivity contribution in [3.05, 3.63) is 56.2 Å². The number of benzene rings is 1. The van der Waals surface area contributed by atoms with Gasteiger partial charge in [-0.3, -0.25) is 9.59 Å². The number of thiophene rings is 1. The molecule has 2 heterocycles. The number of methoxy groups -OCH3 is 1. The molecule has 1 unspecified atom stereocenters. The van der Waals surface area contributed by atoms with E-state index in [9.17, 15) is 14.7 Å². The second-order valence-corrected chi connectivity index (χ2v) is 8.96. The topological polar surface area (TPSA) is 76.1 Å². The zero-order chi connectivity index (χ0) is 22.7. The van der Waals surface area contributed by atoms with Crippen LogP contribution in [0.5, 0.6) is 5.75 Å². The van der Waals surface area contributed by atoms with Gasteiger partial charge < -0.3 is 19.5 Å². The van der Waals surface area contributed by atoms with Gasteiger partial charge in [-0.15, -0.1) is 11.3 Å². The fourth-order valence-electron chi connectivity index (χ4n) is 3.61. The number of carbonyl (C=O) groups excluding carboxylic acids is 2. The molecule has 1 aliphatic heterocycles. The number of halogens is 1. The lowest BCUT2D eigenvalue weighted by Gasteiger charge is -2.25. The van der Waals surface area contributed by atoms with Gasteiger partial charge in [-0.2, -0.15) is 0 Å². The van der Waals surface area contributed by atoms with E-state index in [0.29, 0.717) is 30.3 Å². The third-order valence-electron chi connectivity index (χ3n) is 5.10. The molecule has 0 saturated carbocycles. The number of ketones is 1. The molecule has 166 valence electrons. The lowest BCUT2D eigenvalue weighted by molar-refractivity contribution is -0.140. The first-order valence-corrected chi connectivity index (χ1v) is 11.3. The van der Waals surface area contributed by atoms with Crippen molar-refractivity contribution in [1.82, 2.24) is 4.90 Å². The molecule has 8 heteroatoms. The summed E-state index contributed by atoms with van der Waals surface area (Å²) in [7, 11) is 1.47. The first-order chi connectivity index (χ1) is 14.8. The van der Waals surface area contributed by atoms with E-state index in [0.717, 1.165) is 10.4 Å². The van der Waals surface area contributed by atoms with Crippen LogP contribution in [0.25, 0.3) is 5.76 Å². The van der Waals surface area contributed by atoms with E-state index in [-0.39, 0.29) is 23.0 Å². The average Bonchev–Trinajstić information content (AvgIpc) is 3.25. The minimum absolute atomic E-state index is 0.0425. The Morgan fingerprint density at radius 3 is 2.65 bits per heavy atom. The molecular weight excluding hydrogens is 438 g/mol. The first-order valence-electron chi connectivity index (χ1n) is 10.0. The van der Waals surface area contributed by atoms with Gasteiger partial charge in [0.25, 0.3) is 11.7 Å². The van der Waals surface area contributed by atoms with Crippen molar-refractivity contribution < 1.29 is 24.2 Å². The Morgan fingerprint density at radius 1 is 1.29 bits per heavy atom. The summed E-state index contributed by atoms with van der Waals surface area (Å²) in [6, 6.07) is 6.02. The largest absolute Gasteiger partial charge is 0.507 e. The zero-order valence-electron chi connectivity index (χ0n) is 18.0. The minimum atomic E-state index is -0.720. The van der Waals surface area contributed by atoms with Gasteiger partial charge in [0, 0.05) is 23.1 Å². The number of aliphatic hydroxyl groups is 1. The van der Waals surface area contributed by atoms with E-state index in [4.69, 9.17) is 21.1 Å². The molecule has 1 aliphatic rings. The summed E-state index contributed by atoms with van der Waals surface area (Å²) in [4.78, 5) is 28.4. The molecule has 1 amide bonds. The number of hydrogen-bond acceptors (Lipinski definition) is 6. The van der Waals surface area contributed by atoms with E-state index < -0.39 is 17.7 Å². The number of aliphatic hydroxyl groups excluding tert-OH is 1. The Balaban J connectivity index is 2.09. The Hall–Kier alpha value is -2.35. The first kappa shape index (κ1) is 23.3. The van der Waals surface area contributed by atoms with E-state index in [1.807, 2.05) is 32.2 Å². The second kappa shape index (κ2) is 9.85. The van der Waals surface area contributed by atoms with Gasteiger partial charge >= 0.3 is 0 Å². The number of likely N-dealkylation sites (tertiary alicyclic amines) is 1. The maximum Gasteiger partial charge on any atom is 0.295 e. The van der Waals surface area contributed by atoms with Gasteiger partial charge in [0.05, 0.1) is 30.4 Å². The molecule has 0 spiro atoms. The number of aryl methyl sites for hydroxylation is 1. The maximum atomic E-state index is 13.1. The third kappa shape index (κ3) is 4.79. The molecular formula is C23H26ClNO5S. The second-order valence-electron chi connectivity index (χ2n) is 7.58. The highest BCUT2D eigenvalue weighted by molar-refractivity contribution is 7.10.